The molecule has 1 saturated heterocycles. The van der Waals surface area contributed by atoms with E-state index >= 15 is 0 Å². The lowest BCUT2D eigenvalue weighted by Crippen LogP contribution is -2.37. The number of rotatable bonds is 1. The summed E-state index contributed by atoms with van der Waals surface area (Å²) >= 11 is 0. The van der Waals surface area contributed by atoms with Gasteiger partial charge in [0.25, 0.3) is 0 Å². The van der Waals surface area contributed by atoms with Gasteiger partial charge in [0.2, 0.25) is 0 Å². The number of hydrogen-bond acceptors (Lipinski definition) is 2. The molecule has 4 nitrogen and oxygen atoms in total. The van der Waals surface area contributed by atoms with Gasteiger partial charge in [-0.25, -0.2) is 4.79 Å². The molecule has 0 saturated carbocycles. The van der Waals surface area contributed by atoms with E-state index in [4.69, 9.17) is 0 Å². The predicted molar refractivity (Wildman–Crippen MR) is 69.3 cm³/mol. The molecule has 1 fully saturated rings. The lowest BCUT2D eigenvalue weighted by Gasteiger charge is -2.20. The van der Waals surface area contributed by atoms with E-state index in [1.54, 1.807) is 0 Å². The molecule has 0 radical (unpaired) electrons. The molecule has 1 aliphatic rings. The summed E-state index contributed by atoms with van der Waals surface area (Å²) in [4.78, 5) is 13.9. The summed E-state index contributed by atoms with van der Waals surface area (Å²) in [6, 6.07) is 7.86. The molecule has 92 valence electrons. The summed E-state index contributed by atoms with van der Waals surface area (Å²) in [5, 5.41) is 6.21. The van der Waals surface area contributed by atoms with Crippen LogP contribution in [-0.4, -0.2) is 37.1 Å². The van der Waals surface area contributed by atoms with E-state index in [2.05, 4.69) is 10.6 Å². The second-order valence-corrected chi connectivity index (χ2v) is 4.39. The Hall–Kier alpha value is -1.55. The first-order valence-electron chi connectivity index (χ1n) is 6.09. The lowest BCUT2D eigenvalue weighted by molar-refractivity contribution is 0.215. The third-order valence-corrected chi connectivity index (χ3v) is 2.93. The van der Waals surface area contributed by atoms with E-state index in [1.165, 1.54) is 5.56 Å². The average molecular weight is 233 g/mol. The number of benzene rings is 1. The maximum atomic E-state index is 12.0. The van der Waals surface area contributed by atoms with Crippen LogP contribution in [0, 0.1) is 6.92 Å². The fourth-order valence-electron chi connectivity index (χ4n) is 1.89. The van der Waals surface area contributed by atoms with Gasteiger partial charge in [-0.1, -0.05) is 17.7 Å². The molecular formula is C13H19N3O. The summed E-state index contributed by atoms with van der Waals surface area (Å²) in [5.41, 5.74) is 2.06. The third kappa shape index (κ3) is 3.46. The molecule has 1 aliphatic heterocycles. The topological polar surface area (TPSA) is 44.4 Å². The fraction of sp³-hybridized carbons (Fsp3) is 0.462. The number of nitrogens with one attached hydrogen (secondary N) is 2. The highest BCUT2D eigenvalue weighted by atomic mass is 16.2. The van der Waals surface area contributed by atoms with E-state index < -0.39 is 0 Å². The van der Waals surface area contributed by atoms with Gasteiger partial charge in [-0.05, 0) is 32.0 Å². The standard InChI is InChI=1S/C13H19N3O/c1-11-3-5-12(6-4-11)15-13(17)16-9-2-7-14-8-10-16/h3-6,14H,2,7-10H2,1H3,(H,15,17). The van der Waals surface area contributed by atoms with E-state index in [1.807, 2.05) is 36.1 Å². The summed E-state index contributed by atoms with van der Waals surface area (Å²) in [6.07, 6.45) is 1.02. The van der Waals surface area contributed by atoms with Crippen molar-refractivity contribution in [1.82, 2.24) is 10.2 Å². The Balaban J connectivity index is 1.93. The van der Waals surface area contributed by atoms with Crippen LogP contribution in [0.25, 0.3) is 0 Å². The number of amides is 2. The third-order valence-electron chi connectivity index (χ3n) is 2.93. The molecule has 0 spiro atoms. The van der Waals surface area contributed by atoms with Crippen LogP contribution in [0.2, 0.25) is 0 Å². The van der Waals surface area contributed by atoms with E-state index in [0.29, 0.717) is 0 Å². The Morgan fingerprint density at radius 2 is 2.00 bits per heavy atom. The number of nitrogens with zero attached hydrogens (tertiary/aromatic N) is 1. The van der Waals surface area contributed by atoms with Gasteiger partial charge in [0.05, 0.1) is 0 Å². The van der Waals surface area contributed by atoms with Crippen LogP contribution < -0.4 is 10.6 Å². The number of aryl methyl sites for hydroxylation is 1. The Labute approximate surface area is 102 Å². The number of carbonyl (C=O) groups excluding carboxylic acids is 1. The van der Waals surface area contributed by atoms with Crippen LogP contribution in [0.1, 0.15) is 12.0 Å². The van der Waals surface area contributed by atoms with E-state index in [-0.39, 0.29) is 6.03 Å². The summed E-state index contributed by atoms with van der Waals surface area (Å²) < 4.78 is 0. The number of anilines is 1. The maximum Gasteiger partial charge on any atom is 0.321 e. The zero-order valence-corrected chi connectivity index (χ0v) is 10.2. The molecule has 0 bridgehead atoms. The SMILES string of the molecule is Cc1ccc(NC(=O)N2CCCNCC2)cc1. The zero-order valence-electron chi connectivity index (χ0n) is 10.2. The van der Waals surface area contributed by atoms with Crippen molar-refractivity contribution in [3.8, 4) is 0 Å². The van der Waals surface area contributed by atoms with Crippen LogP contribution in [0.3, 0.4) is 0 Å². The normalized spacial score (nSPS) is 16.4. The minimum atomic E-state index is -0.00227. The van der Waals surface area contributed by atoms with Crippen LogP contribution in [-0.2, 0) is 0 Å². The summed E-state index contributed by atoms with van der Waals surface area (Å²) in [5.74, 6) is 0. The molecule has 0 unspecified atom stereocenters. The van der Waals surface area contributed by atoms with Gasteiger partial charge in [-0.2, -0.15) is 0 Å². The van der Waals surface area contributed by atoms with Crippen molar-refractivity contribution in [2.75, 3.05) is 31.5 Å². The summed E-state index contributed by atoms with van der Waals surface area (Å²) in [6.45, 7) is 5.50. The molecule has 0 atom stereocenters. The molecule has 2 N–H and O–H groups in total. The van der Waals surface area contributed by atoms with Crippen molar-refractivity contribution in [2.45, 2.75) is 13.3 Å². The monoisotopic (exact) mass is 233 g/mol. The van der Waals surface area contributed by atoms with E-state index in [0.717, 1.165) is 38.3 Å². The van der Waals surface area contributed by atoms with Crippen molar-refractivity contribution in [3.05, 3.63) is 29.8 Å². The van der Waals surface area contributed by atoms with Crippen molar-refractivity contribution in [1.29, 1.82) is 0 Å². The molecule has 1 aromatic rings. The highest BCUT2D eigenvalue weighted by molar-refractivity contribution is 5.89. The van der Waals surface area contributed by atoms with Crippen molar-refractivity contribution < 1.29 is 4.79 Å². The Kier molecular flexibility index (Phi) is 3.98. The second kappa shape index (κ2) is 5.68. The molecule has 0 aliphatic carbocycles. The predicted octanol–water partition coefficient (Wildman–Crippen LogP) is 1.82. The van der Waals surface area contributed by atoms with Gasteiger partial charge < -0.3 is 15.5 Å². The van der Waals surface area contributed by atoms with Gasteiger partial charge in [0.1, 0.15) is 0 Å². The van der Waals surface area contributed by atoms with Crippen LogP contribution in [0.5, 0.6) is 0 Å². The minimum Gasteiger partial charge on any atom is -0.323 e. The summed E-state index contributed by atoms with van der Waals surface area (Å²) in [7, 11) is 0. The van der Waals surface area contributed by atoms with Gasteiger partial charge in [0.15, 0.2) is 0 Å². The Morgan fingerprint density at radius 3 is 2.76 bits per heavy atom. The Bertz CT molecular complexity index is 367. The lowest BCUT2D eigenvalue weighted by atomic mass is 10.2. The quantitative estimate of drug-likeness (QED) is 0.777. The van der Waals surface area contributed by atoms with Gasteiger partial charge in [-0.15, -0.1) is 0 Å². The zero-order chi connectivity index (χ0) is 12.1. The molecule has 1 aromatic carbocycles. The molecule has 4 heteroatoms. The van der Waals surface area contributed by atoms with Crippen molar-refractivity contribution >= 4 is 11.7 Å². The smallest absolute Gasteiger partial charge is 0.321 e. The van der Waals surface area contributed by atoms with Crippen LogP contribution in [0.4, 0.5) is 10.5 Å². The highest BCUT2D eigenvalue weighted by Crippen LogP contribution is 2.10. The first-order valence-corrected chi connectivity index (χ1v) is 6.09. The van der Waals surface area contributed by atoms with Gasteiger partial charge >= 0.3 is 6.03 Å². The Morgan fingerprint density at radius 1 is 1.24 bits per heavy atom. The highest BCUT2D eigenvalue weighted by Gasteiger charge is 2.14. The van der Waals surface area contributed by atoms with E-state index in [9.17, 15) is 4.79 Å². The van der Waals surface area contributed by atoms with Crippen molar-refractivity contribution in [3.63, 3.8) is 0 Å². The average Bonchev–Trinajstić information content (AvgIpc) is 2.61. The molecule has 0 aromatic heterocycles. The van der Waals surface area contributed by atoms with Gasteiger partial charge in [0, 0.05) is 25.3 Å². The number of hydrogen-bond donors (Lipinski definition) is 2. The molecule has 2 rings (SSSR count). The van der Waals surface area contributed by atoms with Gasteiger partial charge in [-0.3, -0.25) is 0 Å². The molecule has 17 heavy (non-hydrogen) atoms. The second-order valence-electron chi connectivity index (χ2n) is 4.39. The maximum absolute atomic E-state index is 12.0. The van der Waals surface area contributed by atoms with Crippen LogP contribution in [0.15, 0.2) is 24.3 Å². The molecular weight excluding hydrogens is 214 g/mol. The first kappa shape index (κ1) is 11.9. The fourth-order valence-corrected chi connectivity index (χ4v) is 1.89. The largest absolute Gasteiger partial charge is 0.323 e. The van der Waals surface area contributed by atoms with Crippen molar-refractivity contribution in [2.24, 2.45) is 0 Å². The first-order chi connectivity index (χ1) is 8.25. The minimum absolute atomic E-state index is 0.00227. The van der Waals surface area contributed by atoms with Crippen LogP contribution >= 0.6 is 0 Å². The molecule has 2 amide bonds. The number of carbonyl (C=O) groups is 1. The molecule has 1 heterocycles. The number of urea groups is 1.